The Morgan fingerprint density at radius 3 is 3.00 bits per heavy atom. The van der Waals surface area contributed by atoms with Gasteiger partial charge in [0.1, 0.15) is 5.82 Å². The molecule has 0 aliphatic heterocycles. The average molecular weight is 236 g/mol. The number of rotatable bonds is 3. The molecule has 2 aromatic rings. The molecule has 1 aromatic heterocycles. The maximum Gasteiger partial charge on any atom is 0.251 e. The fourth-order valence-corrected chi connectivity index (χ4v) is 1.19. The van der Waals surface area contributed by atoms with Crippen LogP contribution in [-0.2, 0) is 6.54 Å². The van der Waals surface area contributed by atoms with E-state index in [0.29, 0.717) is 5.82 Å². The minimum absolute atomic E-state index is 0.000261. The van der Waals surface area contributed by atoms with Crippen molar-refractivity contribution < 1.29 is 9.18 Å². The predicted molar refractivity (Wildman–Crippen MR) is 56.2 cm³/mol. The van der Waals surface area contributed by atoms with Crippen LogP contribution in [-0.4, -0.2) is 26.5 Å². The van der Waals surface area contributed by atoms with Crippen molar-refractivity contribution in [1.82, 2.24) is 25.9 Å². The van der Waals surface area contributed by atoms with E-state index in [9.17, 15) is 9.18 Å². The van der Waals surface area contributed by atoms with E-state index in [1.807, 2.05) is 0 Å². The zero-order chi connectivity index (χ0) is 12.3. The van der Waals surface area contributed by atoms with E-state index in [1.165, 1.54) is 12.1 Å². The normalized spacial score (nSPS) is 10.2. The monoisotopic (exact) mass is 236 g/mol. The van der Waals surface area contributed by atoms with Gasteiger partial charge in [0.2, 0.25) is 0 Å². The molecule has 8 heteroatoms. The first-order valence-corrected chi connectivity index (χ1v) is 4.72. The van der Waals surface area contributed by atoms with Gasteiger partial charge < -0.3 is 11.1 Å². The van der Waals surface area contributed by atoms with Crippen molar-refractivity contribution in [1.29, 1.82) is 0 Å². The maximum absolute atomic E-state index is 13.1. The molecule has 4 N–H and O–H groups in total. The first-order valence-electron chi connectivity index (χ1n) is 4.72. The first-order chi connectivity index (χ1) is 8.16. The van der Waals surface area contributed by atoms with Crippen molar-refractivity contribution in [3.05, 3.63) is 35.4 Å². The molecule has 0 atom stereocenters. The number of nitrogen functional groups attached to an aromatic ring is 1. The summed E-state index contributed by atoms with van der Waals surface area (Å²) < 4.78 is 13.1. The van der Waals surface area contributed by atoms with Gasteiger partial charge in [-0.05, 0) is 18.2 Å². The second-order valence-corrected chi connectivity index (χ2v) is 3.25. The fraction of sp³-hybridized carbons (Fsp3) is 0.111. The molecule has 0 unspecified atom stereocenters. The number of hydrogen-bond donors (Lipinski definition) is 3. The molecule has 1 amide bonds. The fourth-order valence-electron chi connectivity index (χ4n) is 1.19. The lowest BCUT2D eigenvalue weighted by Crippen LogP contribution is -2.23. The Bertz CT molecular complexity index is 526. The summed E-state index contributed by atoms with van der Waals surface area (Å²) in [5, 5.41) is 15.4. The van der Waals surface area contributed by atoms with Crippen LogP contribution in [0.15, 0.2) is 18.2 Å². The van der Waals surface area contributed by atoms with Gasteiger partial charge in [-0.3, -0.25) is 4.79 Å². The third-order valence-corrected chi connectivity index (χ3v) is 2.06. The summed E-state index contributed by atoms with van der Waals surface area (Å²) in [6, 6.07) is 3.84. The molecule has 2 rings (SSSR count). The summed E-state index contributed by atoms with van der Waals surface area (Å²) in [5.74, 6) is -0.722. The molecular weight excluding hydrogens is 227 g/mol. The lowest BCUT2D eigenvalue weighted by atomic mass is 10.2. The van der Waals surface area contributed by atoms with E-state index in [1.54, 1.807) is 0 Å². The van der Waals surface area contributed by atoms with Gasteiger partial charge in [0.15, 0.2) is 5.82 Å². The third-order valence-electron chi connectivity index (χ3n) is 2.06. The molecule has 1 aromatic carbocycles. The van der Waals surface area contributed by atoms with Crippen LogP contribution in [0, 0.1) is 5.82 Å². The Kier molecular flexibility index (Phi) is 2.95. The molecular formula is C9H9FN6O. The Hall–Kier alpha value is -2.51. The van der Waals surface area contributed by atoms with Crippen molar-refractivity contribution in [2.24, 2.45) is 0 Å². The van der Waals surface area contributed by atoms with E-state index in [-0.39, 0.29) is 17.8 Å². The third kappa shape index (κ3) is 2.54. The molecule has 0 bridgehead atoms. The Labute approximate surface area is 95.2 Å². The van der Waals surface area contributed by atoms with Crippen LogP contribution in [0.5, 0.6) is 0 Å². The minimum atomic E-state index is -0.628. The molecule has 0 saturated carbocycles. The van der Waals surface area contributed by atoms with Gasteiger partial charge in [0.25, 0.3) is 5.91 Å². The number of anilines is 1. The van der Waals surface area contributed by atoms with Gasteiger partial charge >= 0.3 is 0 Å². The number of benzene rings is 1. The quantitative estimate of drug-likeness (QED) is 0.642. The van der Waals surface area contributed by atoms with Gasteiger partial charge in [-0.25, -0.2) is 4.39 Å². The number of amides is 1. The number of hydrogen-bond acceptors (Lipinski definition) is 5. The largest absolute Gasteiger partial charge is 0.396 e. The molecule has 88 valence electrons. The molecule has 1 heterocycles. The predicted octanol–water partition coefficient (Wildman–Crippen LogP) is -0.149. The van der Waals surface area contributed by atoms with Crippen molar-refractivity contribution in [3.63, 3.8) is 0 Å². The number of halogens is 1. The summed E-state index contributed by atoms with van der Waals surface area (Å²) in [4.78, 5) is 11.6. The number of carbonyl (C=O) groups excluding carboxylic acids is 1. The minimum Gasteiger partial charge on any atom is -0.396 e. The van der Waals surface area contributed by atoms with E-state index in [2.05, 4.69) is 25.9 Å². The summed E-state index contributed by atoms with van der Waals surface area (Å²) >= 11 is 0. The molecule has 0 aliphatic carbocycles. The lowest BCUT2D eigenvalue weighted by molar-refractivity contribution is 0.0949. The SMILES string of the molecule is Nc1ccc(C(=O)NCc2nn[nH]n2)cc1F. The maximum atomic E-state index is 13.1. The van der Waals surface area contributed by atoms with E-state index in [0.717, 1.165) is 6.07 Å². The van der Waals surface area contributed by atoms with Crippen LogP contribution >= 0.6 is 0 Å². The molecule has 0 spiro atoms. The van der Waals surface area contributed by atoms with Crippen LogP contribution in [0.2, 0.25) is 0 Å². The number of aromatic nitrogens is 4. The van der Waals surface area contributed by atoms with Crippen molar-refractivity contribution in [3.8, 4) is 0 Å². The number of tetrazole rings is 1. The highest BCUT2D eigenvalue weighted by Gasteiger charge is 2.09. The van der Waals surface area contributed by atoms with Gasteiger partial charge in [0, 0.05) is 5.56 Å². The van der Waals surface area contributed by atoms with E-state index < -0.39 is 11.7 Å². The summed E-state index contributed by atoms with van der Waals surface area (Å²) in [6.45, 7) is 0.112. The summed E-state index contributed by atoms with van der Waals surface area (Å²) in [5.41, 5.74) is 5.48. The van der Waals surface area contributed by atoms with Crippen molar-refractivity contribution in [2.45, 2.75) is 6.54 Å². The summed E-state index contributed by atoms with van der Waals surface area (Å²) in [6.07, 6.45) is 0. The highest BCUT2D eigenvalue weighted by atomic mass is 19.1. The van der Waals surface area contributed by atoms with Crippen LogP contribution in [0.4, 0.5) is 10.1 Å². The number of H-pyrrole nitrogens is 1. The van der Waals surface area contributed by atoms with Gasteiger partial charge in [-0.15, -0.1) is 10.2 Å². The van der Waals surface area contributed by atoms with Gasteiger partial charge in [0.05, 0.1) is 12.2 Å². The van der Waals surface area contributed by atoms with Gasteiger partial charge in [-0.2, -0.15) is 5.21 Å². The number of aromatic amines is 1. The number of nitrogens with two attached hydrogens (primary N) is 1. The molecule has 0 fully saturated rings. The molecule has 0 saturated heterocycles. The second-order valence-electron chi connectivity index (χ2n) is 3.25. The zero-order valence-corrected chi connectivity index (χ0v) is 8.64. The lowest BCUT2D eigenvalue weighted by Gasteiger charge is -2.03. The van der Waals surface area contributed by atoms with Crippen molar-refractivity contribution in [2.75, 3.05) is 5.73 Å². The molecule has 0 aliphatic rings. The molecule has 17 heavy (non-hydrogen) atoms. The van der Waals surface area contributed by atoms with Crippen LogP contribution < -0.4 is 11.1 Å². The molecule has 7 nitrogen and oxygen atoms in total. The number of nitrogens with one attached hydrogen (secondary N) is 2. The topological polar surface area (TPSA) is 110 Å². The first kappa shape index (κ1) is 11.0. The van der Waals surface area contributed by atoms with Crippen molar-refractivity contribution >= 4 is 11.6 Å². The smallest absolute Gasteiger partial charge is 0.251 e. The highest BCUT2D eigenvalue weighted by Crippen LogP contribution is 2.11. The number of nitrogens with zero attached hydrogens (tertiary/aromatic N) is 3. The zero-order valence-electron chi connectivity index (χ0n) is 8.64. The van der Waals surface area contributed by atoms with Crippen LogP contribution in [0.3, 0.4) is 0 Å². The van der Waals surface area contributed by atoms with Gasteiger partial charge in [-0.1, -0.05) is 5.21 Å². The Morgan fingerprint density at radius 2 is 2.35 bits per heavy atom. The standard InChI is InChI=1S/C9H9FN6O/c10-6-3-5(1-2-7(6)11)9(17)12-4-8-13-15-16-14-8/h1-3H,4,11H2,(H,12,17)(H,13,14,15,16). The van der Waals surface area contributed by atoms with E-state index in [4.69, 9.17) is 5.73 Å². The molecule has 0 radical (unpaired) electrons. The second kappa shape index (κ2) is 4.56. The van der Waals surface area contributed by atoms with Crippen LogP contribution in [0.1, 0.15) is 16.2 Å². The Morgan fingerprint density at radius 1 is 1.53 bits per heavy atom. The highest BCUT2D eigenvalue weighted by molar-refractivity contribution is 5.94. The van der Waals surface area contributed by atoms with Crippen LogP contribution in [0.25, 0.3) is 0 Å². The number of carbonyl (C=O) groups is 1. The average Bonchev–Trinajstić information content (AvgIpc) is 2.82. The Balaban J connectivity index is 2.02. The summed E-state index contributed by atoms with van der Waals surface area (Å²) in [7, 11) is 0. The van der Waals surface area contributed by atoms with E-state index >= 15 is 0 Å².